The summed E-state index contributed by atoms with van der Waals surface area (Å²) in [4.78, 5) is 27.1. The summed E-state index contributed by atoms with van der Waals surface area (Å²) in [6.45, 7) is 3.41. The van der Waals surface area contributed by atoms with Gasteiger partial charge in [0.1, 0.15) is 0 Å². The molecule has 0 spiro atoms. The van der Waals surface area contributed by atoms with Crippen molar-refractivity contribution in [2.75, 3.05) is 25.0 Å². The van der Waals surface area contributed by atoms with E-state index >= 15 is 0 Å². The van der Waals surface area contributed by atoms with Crippen molar-refractivity contribution in [1.29, 1.82) is 0 Å². The molecule has 1 aromatic carbocycles. The maximum atomic E-state index is 13.2. The Hall–Kier alpha value is -1.59. The van der Waals surface area contributed by atoms with E-state index in [1.807, 2.05) is 36.1 Å². The number of halogens is 1. The summed E-state index contributed by atoms with van der Waals surface area (Å²) >= 11 is 6.05. The van der Waals surface area contributed by atoms with Crippen LogP contribution in [0.25, 0.3) is 0 Å². The summed E-state index contributed by atoms with van der Waals surface area (Å²) in [7, 11) is 1.60. The van der Waals surface area contributed by atoms with Crippen LogP contribution in [-0.4, -0.2) is 42.4 Å². The fourth-order valence-corrected chi connectivity index (χ4v) is 3.87. The van der Waals surface area contributed by atoms with E-state index in [4.69, 9.17) is 11.8 Å². The predicted octanol–water partition coefficient (Wildman–Crippen LogP) is 2.05. The van der Waals surface area contributed by atoms with Crippen molar-refractivity contribution in [3.05, 3.63) is 29.8 Å². The highest BCUT2D eigenvalue weighted by Gasteiger charge is 2.50. The number of nitrogens with one attached hydrogen (secondary N) is 1. The molecule has 1 saturated heterocycles. The van der Waals surface area contributed by atoms with E-state index in [0.29, 0.717) is 0 Å². The van der Waals surface area contributed by atoms with Crippen molar-refractivity contribution in [1.82, 2.24) is 9.74 Å². The third kappa shape index (κ3) is 2.72. The lowest BCUT2D eigenvalue weighted by molar-refractivity contribution is -0.129. The lowest BCUT2D eigenvalue weighted by Crippen LogP contribution is -2.48. The molecule has 3 rings (SSSR count). The SMILES string of the molecule is CNC(=O)CC1(C)C(=O)N(C2CCN(Cl)CC2)c2ccccc21. The summed E-state index contributed by atoms with van der Waals surface area (Å²) in [5.41, 5.74) is 1.09. The molecule has 23 heavy (non-hydrogen) atoms. The number of hydrogen-bond donors (Lipinski definition) is 1. The number of anilines is 1. The van der Waals surface area contributed by atoms with E-state index in [2.05, 4.69) is 5.32 Å². The van der Waals surface area contributed by atoms with Gasteiger partial charge in [-0.1, -0.05) is 18.2 Å². The molecule has 124 valence electrons. The van der Waals surface area contributed by atoms with Crippen LogP contribution in [0.5, 0.6) is 0 Å². The number of amides is 2. The van der Waals surface area contributed by atoms with Gasteiger partial charge in [0.25, 0.3) is 0 Å². The second-order valence-corrected chi connectivity index (χ2v) is 6.99. The first kappa shape index (κ1) is 16.3. The number of carbonyl (C=O) groups is 2. The smallest absolute Gasteiger partial charge is 0.238 e. The van der Waals surface area contributed by atoms with Crippen molar-refractivity contribution in [2.24, 2.45) is 0 Å². The molecular formula is C17H22ClN3O2. The molecule has 0 aromatic heterocycles. The summed E-state index contributed by atoms with van der Waals surface area (Å²) in [6.07, 6.45) is 1.86. The van der Waals surface area contributed by atoms with E-state index in [1.165, 1.54) is 0 Å². The van der Waals surface area contributed by atoms with Gasteiger partial charge in [0, 0.05) is 38.3 Å². The largest absolute Gasteiger partial charge is 0.359 e. The molecule has 1 aromatic rings. The fraction of sp³-hybridized carbons (Fsp3) is 0.529. The van der Waals surface area contributed by atoms with E-state index in [0.717, 1.165) is 37.2 Å². The van der Waals surface area contributed by atoms with Gasteiger partial charge in [0.2, 0.25) is 11.8 Å². The molecule has 0 aliphatic carbocycles. The summed E-state index contributed by atoms with van der Waals surface area (Å²) in [6, 6.07) is 7.97. The Balaban J connectivity index is 1.97. The Bertz CT molecular complexity index is 628. The van der Waals surface area contributed by atoms with Gasteiger partial charge in [0.05, 0.1) is 5.41 Å². The van der Waals surface area contributed by atoms with Crippen LogP contribution in [0.3, 0.4) is 0 Å². The van der Waals surface area contributed by atoms with Gasteiger partial charge in [-0.05, 0) is 43.2 Å². The van der Waals surface area contributed by atoms with Crippen LogP contribution < -0.4 is 10.2 Å². The van der Waals surface area contributed by atoms with Crippen molar-refractivity contribution >= 4 is 29.3 Å². The van der Waals surface area contributed by atoms with Crippen LogP contribution in [0.15, 0.2) is 24.3 Å². The number of para-hydroxylation sites is 1. The van der Waals surface area contributed by atoms with Crippen LogP contribution in [0, 0.1) is 0 Å². The highest BCUT2D eigenvalue weighted by molar-refractivity contribution is 6.13. The summed E-state index contributed by atoms with van der Waals surface area (Å²) in [5.74, 6) is -0.0941. The topological polar surface area (TPSA) is 52.7 Å². The molecule has 1 unspecified atom stereocenters. The number of nitrogens with zero attached hydrogens (tertiary/aromatic N) is 2. The Morgan fingerprint density at radius 1 is 1.35 bits per heavy atom. The first-order chi connectivity index (χ1) is 11.0. The maximum absolute atomic E-state index is 13.2. The van der Waals surface area contributed by atoms with E-state index in [1.54, 1.807) is 11.5 Å². The molecule has 2 aliphatic rings. The van der Waals surface area contributed by atoms with Crippen LogP contribution >= 0.6 is 11.8 Å². The fourth-order valence-electron chi connectivity index (χ4n) is 3.68. The Kier molecular flexibility index (Phi) is 4.34. The van der Waals surface area contributed by atoms with Gasteiger partial charge in [-0.3, -0.25) is 9.59 Å². The zero-order chi connectivity index (χ0) is 16.6. The first-order valence-corrected chi connectivity index (χ1v) is 8.35. The normalized spacial score (nSPS) is 25.5. The lowest BCUT2D eigenvalue weighted by atomic mass is 9.80. The molecule has 2 heterocycles. The van der Waals surface area contributed by atoms with Gasteiger partial charge in [-0.2, -0.15) is 0 Å². The molecule has 2 aliphatic heterocycles. The van der Waals surface area contributed by atoms with Crippen LogP contribution in [-0.2, 0) is 15.0 Å². The number of benzene rings is 1. The van der Waals surface area contributed by atoms with Crippen molar-refractivity contribution in [3.63, 3.8) is 0 Å². The van der Waals surface area contributed by atoms with Crippen molar-refractivity contribution in [2.45, 2.75) is 37.6 Å². The molecule has 1 N–H and O–H groups in total. The van der Waals surface area contributed by atoms with E-state index in [9.17, 15) is 9.59 Å². The Morgan fingerprint density at radius 3 is 2.65 bits per heavy atom. The van der Waals surface area contributed by atoms with Crippen molar-refractivity contribution < 1.29 is 9.59 Å². The predicted molar refractivity (Wildman–Crippen MR) is 90.4 cm³/mol. The van der Waals surface area contributed by atoms with Crippen molar-refractivity contribution in [3.8, 4) is 0 Å². The molecule has 0 saturated carbocycles. The van der Waals surface area contributed by atoms with Crippen LogP contribution in [0.1, 0.15) is 31.7 Å². The van der Waals surface area contributed by atoms with Gasteiger partial charge in [0.15, 0.2) is 0 Å². The molecule has 6 heteroatoms. The summed E-state index contributed by atoms with van der Waals surface area (Å²) in [5, 5.41) is 2.63. The quantitative estimate of drug-likeness (QED) is 0.860. The molecule has 1 atom stereocenters. The minimum Gasteiger partial charge on any atom is -0.359 e. The maximum Gasteiger partial charge on any atom is 0.238 e. The molecule has 0 bridgehead atoms. The summed E-state index contributed by atoms with van der Waals surface area (Å²) < 4.78 is 1.77. The second kappa shape index (κ2) is 6.13. The van der Waals surface area contributed by atoms with Crippen LogP contribution in [0.2, 0.25) is 0 Å². The molecule has 5 nitrogen and oxygen atoms in total. The molecular weight excluding hydrogens is 314 g/mol. The number of fused-ring (bicyclic) bond motifs is 1. The Morgan fingerprint density at radius 2 is 2.00 bits per heavy atom. The molecule has 2 amide bonds. The van der Waals surface area contributed by atoms with Gasteiger partial charge in [-0.15, -0.1) is 0 Å². The average Bonchev–Trinajstić information content (AvgIpc) is 2.77. The lowest BCUT2D eigenvalue weighted by Gasteiger charge is -2.35. The van der Waals surface area contributed by atoms with Gasteiger partial charge < -0.3 is 10.2 Å². The monoisotopic (exact) mass is 335 g/mol. The third-order valence-corrected chi connectivity index (χ3v) is 5.35. The van der Waals surface area contributed by atoms with E-state index < -0.39 is 5.41 Å². The van der Waals surface area contributed by atoms with E-state index in [-0.39, 0.29) is 24.3 Å². The number of hydrogen-bond acceptors (Lipinski definition) is 3. The first-order valence-electron chi connectivity index (χ1n) is 8.02. The highest BCUT2D eigenvalue weighted by Crippen LogP contribution is 2.45. The zero-order valence-corrected chi connectivity index (χ0v) is 14.3. The number of rotatable bonds is 3. The highest BCUT2D eigenvalue weighted by atomic mass is 35.5. The van der Waals surface area contributed by atoms with Crippen LogP contribution in [0.4, 0.5) is 5.69 Å². The molecule has 1 fully saturated rings. The minimum atomic E-state index is -0.797. The number of carbonyl (C=O) groups excluding carboxylic acids is 2. The molecule has 0 radical (unpaired) electrons. The minimum absolute atomic E-state index is 0.0234. The van der Waals surface area contributed by atoms with Gasteiger partial charge >= 0.3 is 0 Å². The average molecular weight is 336 g/mol. The number of piperidine rings is 1. The zero-order valence-electron chi connectivity index (χ0n) is 13.5. The standard InChI is InChI=1S/C17H22ClN3O2/c1-17(11-15(22)19-2)13-5-3-4-6-14(13)21(16(17)23)12-7-9-20(18)10-8-12/h3-6,12H,7-11H2,1-2H3,(H,19,22). The third-order valence-electron chi connectivity index (χ3n) is 5.02. The second-order valence-electron chi connectivity index (χ2n) is 6.52. The van der Waals surface area contributed by atoms with Gasteiger partial charge in [-0.25, -0.2) is 4.42 Å². The Labute approximate surface area is 141 Å².